The Morgan fingerprint density at radius 2 is 1.69 bits per heavy atom. The fourth-order valence-electron chi connectivity index (χ4n) is 4.50. The van der Waals surface area contributed by atoms with Crippen molar-refractivity contribution in [2.75, 3.05) is 19.7 Å². The van der Waals surface area contributed by atoms with E-state index in [1.165, 1.54) is 4.90 Å². The number of likely N-dealkylation sites (tertiary alicyclic amines) is 1. The fraction of sp³-hybridized carbons (Fsp3) is 0.400. The van der Waals surface area contributed by atoms with Gasteiger partial charge in [0.15, 0.2) is 0 Å². The number of carbonyl (C=O) groups is 3. The van der Waals surface area contributed by atoms with Gasteiger partial charge in [0.25, 0.3) is 0 Å². The summed E-state index contributed by atoms with van der Waals surface area (Å²) >= 11 is 0. The van der Waals surface area contributed by atoms with Crippen LogP contribution in [-0.4, -0.2) is 53.7 Å². The minimum absolute atomic E-state index is 0.0373. The predicted octanol–water partition coefficient (Wildman–Crippen LogP) is 3.63. The molecule has 0 saturated carbocycles. The Morgan fingerprint density at radius 1 is 1.09 bits per heavy atom. The van der Waals surface area contributed by atoms with Crippen LogP contribution in [0.4, 0.5) is 4.79 Å². The van der Waals surface area contributed by atoms with Gasteiger partial charge in [-0.3, -0.25) is 4.79 Å². The molecule has 32 heavy (non-hydrogen) atoms. The van der Waals surface area contributed by atoms with E-state index in [-0.39, 0.29) is 25.0 Å². The first-order chi connectivity index (χ1) is 15.4. The van der Waals surface area contributed by atoms with Crippen LogP contribution in [0.5, 0.6) is 0 Å². The highest BCUT2D eigenvalue weighted by atomic mass is 16.5. The standard InChI is InChI=1S/C25H28N2O5/c1-3-25(2,23(30)27-13-12-21(27)22(28)29)15-26-24(31)32-14-20-18-10-6-4-8-16(18)17-9-5-7-11-19(17)20/h4-11,20-21H,3,12-15H2,1-2H3,(H,26,31)(H,28,29). The maximum Gasteiger partial charge on any atom is 0.407 e. The molecule has 0 aromatic heterocycles. The average molecular weight is 437 g/mol. The Morgan fingerprint density at radius 3 is 2.19 bits per heavy atom. The molecule has 4 rings (SSSR count). The summed E-state index contributed by atoms with van der Waals surface area (Å²) in [5, 5.41) is 12.0. The summed E-state index contributed by atoms with van der Waals surface area (Å²) in [7, 11) is 0. The van der Waals surface area contributed by atoms with Gasteiger partial charge >= 0.3 is 12.1 Å². The van der Waals surface area contributed by atoms with Crippen LogP contribution in [0.15, 0.2) is 48.5 Å². The van der Waals surface area contributed by atoms with Crippen LogP contribution < -0.4 is 5.32 Å². The highest BCUT2D eigenvalue weighted by Gasteiger charge is 2.44. The molecule has 2 atom stereocenters. The van der Waals surface area contributed by atoms with Gasteiger partial charge in [0.05, 0.1) is 5.41 Å². The van der Waals surface area contributed by atoms with Crippen molar-refractivity contribution < 1.29 is 24.2 Å². The van der Waals surface area contributed by atoms with Crippen LogP contribution in [-0.2, 0) is 14.3 Å². The van der Waals surface area contributed by atoms with E-state index in [1.807, 2.05) is 31.2 Å². The quantitative estimate of drug-likeness (QED) is 0.691. The number of carboxylic acid groups (broad SMARTS) is 1. The maximum absolute atomic E-state index is 12.9. The summed E-state index contributed by atoms with van der Waals surface area (Å²) < 4.78 is 5.55. The van der Waals surface area contributed by atoms with Crippen LogP contribution in [0, 0.1) is 5.41 Å². The lowest BCUT2D eigenvalue weighted by atomic mass is 9.83. The zero-order valence-corrected chi connectivity index (χ0v) is 18.3. The van der Waals surface area contributed by atoms with Crippen molar-refractivity contribution in [1.29, 1.82) is 0 Å². The van der Waals surface area contributed by atoms with Gasteiger partial charge in [-0.15, -0.1) is 0 Å². The first kappa shape index (κ1) is 21.9. The fourth-order valence-corrected chi connectivity index (χ4v) is 4.50. The number of fused-ring (bicyclic) bond motifs is 3. The van der Waals surface area contributed by atoms with Crippen LogP contribution in [0.2, 0.25) is 0 Å². The molecule has 2 amide bonds. The van der Waals surface area contributed by atoms with Gasteiger partial charge in [-0.1, -0.05) is 55.5 Å². The Bertz CT molecular complexity index is 1010. The highest BCUT2D eigenvalue weighted by molar-refractivity contribution is 5.89. The SMILES string of the molecule is CCC(C)(CNC(=O)OCC1c2ccccc2-c2ccccc21)C(=O)N1CCC1C(=O)O. The molecule has 2 aromatic rings. The number of aliphatic carboxylic acids is 1. The van der Waals surface area contributed by atoms with Crippen molar-refractivity contribution in [2.24, 2.45) is 5.41 Å². The van der Waals surface area contributed by atoms with E-state index in [0.29, 0.717) is 19.4 Å². The summed E-state index contributed by atoms with van der Waals surface area (Å²) in [6, 6.07) is 15.5. The molecule has 2 N–H and O–H groups in total. The lowest BCUT2D eigenvalue weighted by Gasteiger charge is -2.43. The number of benzene rings is 2. The Kier molecular flexibility index (Phi) is 5.91. The molecule has 1 aliphatic heterocycles. The lowest BCUT2D eigenvalue weighted by molar-refractivity contribution is -0.162. The topological polar surface area (TPSA) is 95.9 Å². The number of amides is 2. The van der Waals surface area contributed by atoms with Crippen LogP contribution in [0.1, 0.15) is 43.7 Å². The third-order valence-electron chi connectivity index (χ3n) is 6.83. The van der Waals surface area contributed by atoms with Gasteiger partial charge in [-0.2, -0.15) is 0 Å². The zero-order chi connectivity index (χ0) is 22.9. The second-order valence-electron chi connectivity index (χ2n) is 8.73. The van der Waals surface area contributed by atoms with Crippen LogP contribution in [0.25, 0.3) is 11.1 Å². The number of ether oxygens (including phenoxy) is 1. The molecule has 1 heterocycles. The van der Waals surface area contributed by atoms with Crippen molar-refractivity contribution in [2.45, 2.75) is 38.6 Å². The number of rotatable bonds is 7. The van der Waals surface area contributed by atoms with Crippen LogP contribution >= 0.6 is 0 Å². The summed E-state index contributed by atoms with van der Waals surface area (Å²) in [6.45, 7) is 4.31. The molecule has 1 fully saturated rings. The summed E-state index contributed by atoms with van der Waals surface area (Å²) in [4.78, 5) is 38.1. The predicted molar refractivity (Wildman–Crippen MR) is 119 cm³/mol. The molecule has 2 aromatic carbocycles. The van der Waals surface area contributed by atoms with E-state index in [2.05, 4.69) is 29.6 Å². The van der Waals surface area contributed by atoms with Gasteiger partial charge in [0.2, 0.25) is 5.91 Å². The number of hydrogen-bond acceptors (Lipinski definition) is 4. The van der Waals surface area contributed by atoms with Crippen molar-refractivity contribution in [3.63, 3.8) is 0 Å². The van der Waals surface area contributed by atoms with E-state index in [0.717, 1.165) is 22.3 Å². The van der Waals surface area contributed by atoms with Crippen molar-refractivity contribution in [3.05, 3.63) is 59.7 Å². The maximum atomic E-state index is 12.9. The van der Waals surface area contributed by atoms with Gasteiger partial charge in [-0.05, 0) is 42.0 Å². The first-order valence-corrected chi connectivity index (χ1v) is 11.0. The smallest absolute Gasteiger partial charge is 0.407 e. The minimum atomic E-state index is -0.993. The van der Waals surface area contributed by atoms with E-state index >= 15 is 0 Å². The van der Waals surface area contributed by atoms with E-state index < -0.39 is 23.5 Å². The average Bonchev–Trinajstić information content (AvgIpc) is 3.08. The van der Waals surface area contributed by atoms with Crippen molar-refractivity contribution >= 4 is 18.0 Å². The summed E-state index contributed by atoms with van der Waals surface area (Å²) in [6.07, 6.45) is 0.344. The Balaban J connectivity index is 1.37. The molecular weight excluding hydrogens is 408 g/mol. The molecule has 168 valence electrons. The molecular formula is C25H28N2O5. The number of alkyl carbamates (subject to hydrolysis) is 1. The Labute approximate surface area is 187 Å². The van der Waals surface area contributed by atoms with Crippen molar-refractivity contribution in [1.82, 2.24) is 10.2 Å². The van der Waals surface area contributed by atoms with Crippen LogP contribution in [0.3, 0.4) is 0 Å². The molecule has 0 spiro atoms. The first-order valence-electron chi connectivity index (χ1n) is 11.0. The Hall–Kier alpha value is -3.35. The number of hydrogen-bond donors (Lipinski definition) is 2. The largest absolute Gasteiger partial charge is 0.480 e. The molecule has 7 nitrogen and oxygen atoms in total. The highest BCUT2D eigenvalue weighted by Crippen LogP contribution is 2.44. The van der Waals surface area contributed by atoms with Gasteiger partial charge in [-0.25, -0.2) is 9.59 Å². The zero-order valence-electron chi connectivity index (χ0n) is 18.3. The molecule has 0 radical (unpaired) electrons. The van der Waals surface area contributed by atoms with Gasteiger partial charge in [0, 0.05) is 19.0 Å². The molecule has 2 unspecified atom stereocenters. The molecule has 2 aliphatic rings. The lowest BCUT2D eigenvalue weighted by Crippen LogP contribution is -2.60. The molecule has 0 bridgehead atoms. The number of nitrogens with zero attached hydrogens (tertiary/aromatic N) is 1. The second-order valence-corrected chi connectivity index (χ2v) is 8.73. The molecule has 7 heteroatoms. The van der Waals surface area contributed by atoms with E-state index in [4.69, 9.17) is 4.74 Å². The molecule has 1 saturated heterocycles. The van der Waals surface area contributed by atoms with E-state index in [9.17, 15) is 19.5 Å². The number of carbonyl (C=O) groups excluding carboxylic acids is 2. The normalized spacial score (nSPS) is 18.7. The third-order valence-corrected chi connectivity index (χ3v) is 6.83. The minimum Gasteiger partial charge on any atom is -0.480 e. The van der Waals surface area contributed by atoms with E-state index in [1.54, 1.807) is 6.92 Å². The summed E-state index contributed by atoms with van der Waals surface area (Å²) in [5.74, 6) is -1.28. The number of nitrogens with one attached hydrogen (secondary N) is 1. The molecule has 1 aliphatic carbocycles. The number of carboxylic acids is 1. The second kappa shape index (κ2) is 8.65. The van der Waals surface area contributed by atoms with Crippen molar-refractivity contribution in [3.8, 4) is 11.1 Å². The third kappa shape index (κ3) is 3.83. The van der Waals surface area contributed by atoms with Gasteiger partial charge in [0.1, 0.15) is 12.6 Å². The monoisotopic (exact) mass is 436 g/mol. The summed E-state index contributed by atoms with van der Waals surface area (Å²) in [5.41, 5.74) is 3.69. The van der Waals surface area contributed by atoms with Gasteiger partial charge < -0.3 is 20.1 Å².